The van der Waals surface area contributed by atoms with Crippen molar-refractivity contribution in [3.8, 4) is 0 Å². The van der Waals surface area contributed by atoms with Crippen molar-refractivity contribution < 1.29 is 14.4 Å². The minimum Gasteiger partial charge on any atom is -0.456 e. The normalized spacial score (nSPS) is 9.73. The van der Waals surface area contributed by atoms with Crippen LogP contribution in [-0.4, -0.2) is 11.1 Å². The van der Waals surface area contributed by atoms with Gasteiger partial charge in [0.15, 0.2) is 5.76 Å². The number of hydroxylamine groups is 1. The van der Waals surface area contributed by atoms with Gasteiger partial charge in [0, 0.05) is 5.56 Å². The Morgan fingerprint density at radius 1 is 1.64 bits per heavy atom. The lowest BCUT2D eigenvalue weighted by molar-refractivity contribution is 0.0674. The largest absolute Gasteiger partial charge is 0.456 e. The van der Waals surface area contributed by atoms with Crippen LogP contribution >= 0.6 is 0 Å². The predicted molar refractivity (Wildman–Crippen MR) is 37.4 cm³/mol. The molecule has 4 nitrogen and oxygen atoms in total. The molecule has 1 amide bonds. The van der Waals surface area contributed by atoms with Crippen molar-refractivity contribution in [3.05, 3.63) is 23.2 Å². The van der Waals surface area contributed by atoms with Crippen LogP contribution in [0, 0.1) is 13.8 Å². The van der Waals surface area contributed by atoms with E-state index in [1.54, 1.807) is 19.9 Å². The van der Waals surface area contributed by atoms with E-state index < -0.39 is 5.91 Å². The van der Waals surface area contributed by atoms with Gasteiger partial charge >= 0.3 is 5.91 Å². The predicted octanol–water partition coefficient (Wildman–Crippen LogP) is 1.02. The van der Waals surface area contributed by atoms with E-state index in [1.807, 2.05) is 0 Å². The van der Waals surface area contributed by atoms with E-state index in [9.17, 15) is 4.79 Å². The highest BCUT2D eigenvalue weighted by Gasteiger charge is 2.12. The molecule has 4 heteroatoms. The molecule has 0 aliphatic carbocycles. The summed E-state index contributed by atoms with van der Waals surface area (Å²) >= 11 is 0. The molecule has 0 saturated heterocycles. The van der Waals surface area contributed by atoms with Crippen LogP contribution in [0.3, 0.4) is 0 Å². The molecule has 0 aliphatic rings. The van der Waals surface area contributed by atoms with Gasteiger partial charge in [-0.3, -0.25) is 10.0 Å². The second kappa shape index (κ2) is 2.75. The van der Waals surface area contributed by atoms with Gasteiger partial charge in [0.05, 0.1) is 0 Å². The van der Waals surface area contributed by atoms with Gasteiger partial charge in [-0.05, 0) is 19.9 Å². The Morgan fingerprint density at radius 3 is 2.64 bits per heavy atom. The SMILES string of the molecule is Cc1cc(C)c(C(=O)NO)o1. The molecular weight excluding hydrogens is 146 g/mol. The second-order valence-electron chi connectivity index (χ2n) is 2.31. The van der Waals surface area contributed by atoms with E-state index in [4.69, 9.17) is 9.62 Å². The van der Waals surface area contributed by atoms with Crippen molar-refractivity contribution >= 4 is 5.91 Å². The fourth-order valence-electron chi connectivity index (χ4n) is 0.918. The van der Waals surface area contributed by atoms with Crippen molar-refractivity contribution in [2.24, 2.45) is 0 Å². The van der Waals surface area contributed by atoms with Crippen LogP contribution in [0.25, 0.3) is 0 Å². The number of hydrogen-bond acceptors (Lipinski definition) is 3. The highest BCUT2D eigenvalue weighted by Crippen LogP contribution is 2.12. The van der Waals surface area contributed by atoms with Crippen LogP contribution in [0.15, 0.2) is 10.5 Å². The third-order valence-electron chi connectivity index (χ3n) is 1.35. The van der Waals surface area contributed by atoms with E-state index in [2.05, 4.69) is 0 Å². The molecule has 1 heterocycles. The summed E-state index contributed by atoms with van der Waals surface area (Å²) in [5, 5.41) is 8.26. The first kappa shape index (κ1) is 7.81. The third-order valence-corrected chi connectivity index (χ3v) is 1.35. The smallest absolute Gasteiger partial charge is 0.310 e. The summed E-state index contributed by atoms with van der Waals surface area (Å²) in [6, 6.07) is 1.73. The first-order chi connectivity index (χ1) is 5.15. The van der Waals surface area contributed by atoms with Crippen LogP contribution in [0.4, 0.5) is 0 Å². The number of aryl methyl sites for hydroxylation is 2. The molecule has 11 heavy (non-hydrogen) atoms. The maximum absolute atomic E-state index is 10.8. The number of carbonyl (C=O) groups excluding carboxylic acids is 1. The van der Waals surface area contributed by atoms with Crippen molar-refractivity contribution in [1.29, 1.82) is 0 Å². The number of carbonyl (C=O) groups is 1. The minimum absolute atomic E-state index is 0.157. The van der Waals surface area contributed by atoms with Crippen LogP contribution in [0.1, 0.15) is 21.9 Å². The molecule has 0 unspecified atom stereocenters. The molecule has 0 saturated carbocycles. The summed E-state index contributed by atoms with van der Waals surface area (Å²) in [7, 11) is 0. The standard InChI is InChI=1S/C7H9NO3/c1-4-3-5(2)11-6(4)7(9)8-10/h3,10H,1-2H3,(H,8,9). The summed E-state index contributed by atoms with van der Waals surface area (Å²) in [5.74, 6) is 0.196. The quantitative estimate of drug-likeness (QED) is 0.470. The summed E-state index contributed by atoms with van der Waals surface area (Å²) in [6.45, 7) is 3.47. The van der Waals surface area contributed by atoms with Crippen molar-refractivity contribution in [3.63, 3.8) is 0 Å². The molecule has 1 aromatic rings. The Bertz CT molecular complexity index is 277. The Balaban J connectivity index is 3.03. The van der Waals surface area contributed by atoms with E-state index in [0.29, 0.717) is 11.3 Å². The summed E-state index contributed by atoms with van der Waals surface area (Å²) in [6.07, 6.45) is 0. The van der Waals surface area contributed by atoms with Gasteiger partial charge in [-0.1, -0.05) is 0 Å². The zero-order valence-electron chi connectivity index (χ0n) is 6.34. The molecular formula is C7H9NO3. The first-order valence-corrected chi connectivity index (χ1v) is 3.16. The van der Waals surface area contributed by atoms with Crippen LogP contribution < -0.4 is 5.48 Å². The zero-order chi connectivity index (χ0) is 8.43. The van der Waals surface area contributed by atoms with E-state index >= 15 is 0 Å². The number of amides is 1. The summed E-state index contributed by atoms with van der Waals surface area (Å²) in [4.78, 5) is 10.8. The molecule has 1 rings (SSSR count). The zero-order valence-corrected chi connectivity index (χ0v) is 6.34. The molecule has 0 spiro atoms. The maximum Gasteiger partial charge on any atom is 0.310 e. The molecule has 60 valence electrons. The van der Waals surface area contributed by atoms with Gasteiger partial charge in [0.25, 0.3) is 0 Å². The fraction of sp³-hybridized carbons (Fsp3) is 0.286. The average Bonchev–Trinajstić information content (AvgIpc) is 2.28. The number of furan rings is 1. The molecule has 0 bridgehead atoms. The Hall–Kier alpha value is -1.29. The molecule has 2 N–H and O–H groups in total. The van der Waals surface area contributed by atoms with Crippen molar-refractivity contribution in [2.45, 2.75) is 13.8 Å². The third kappa shape index (κ3) is 1.40. The Kier molecular flexibility index (Phi) is 1.96. The molecule has 0 aromatic carbocycles. The van der Waals surface area contributed by atoms with Gasteiger partial charge in [0.2, 0.25) is 0 Å². The van der Waals surface area contributed by atoms with Crippen LogP contribution in [0.5, 0.6) is 0 Å². The number of rotatable bonds is 1. The van der Waals surface area contributed by atoms with E-state index in [1.165, 1.54) is 5.48 Å². The van der Waals surface area contributed by atoms with E-state index in [0.717, 1.165) is 0 Å². The molecule has 0 radical (unpaired) electrons. The minimum atomic E-state index is -0.615. The van der Waals surface area contributed by atoms with Gasteiger partial charge in [-0.2, -0.15) is 0 Å². The van der Waals surface area contributed by atoms with Crippen LogP contribution in [-0.2, 0) is 0 Å². The van der Waals surface area contributed by atoms with Gasteiger partial charge < -0.3 is 4.42 Å². The van der Waals surface area contributed by atoms with Crippen molar-refractivity contribution in [1.82, 2.24) is 5.48 Å². The lowest BCUT2D eigenvalue weighted by Gasteiger charge is -1.93. The Morgan fingerprint density at radius 2 is 2.27 bits per heavy atom. The van der Waals surface area contributed by atoms with Gasteiger partial charge in [-0.25, -0.2) is 5.48 Å². The number of hydrogen-bond donors (Lipinski definition) is 2. The lowest BCUT2D eigenvalue weighted by Crippen LogP contribution is -2.18. The molecule has 0 atom stereocenters. The molecule has 0 aliphatic heterocycles. The number of nitrogens with one attached hydrogen (secondary N) is 1. The van der Waals surface area contributed by atoms with Crippen molar-refractivity contribution in [2.75, 3.05) is 0 Å². The fourth-order valence-corrected chi connectivity index (χ4v) is 0.918. The monoisotopic (exact) mass is 155 g/mol. The highest BCUT2D eigenvalue weighted by atomic mass is 16.5. The summed E-state index contributed by atoms with van der Waals surface area (Å²) < 4.78 is 4.99. The van der Waals surface area contributed by atoms with Gasteiger partial charge in [-0.15, -0.1) is 0 Å². The molecule has 0 fully saturated rings. The topological polar surface area (TPSA) is 62.5 Å². The molecule has 1 aromatic heterocycles. The lowest BCUT2D eigenvalue weighted by atomic mass is 10.2. The van der Waals surface area contributed by atoms with E-state index in [-0.39, 0.29) is 5.76 Å². The van der Waals surface area contributed by atoms with Gasteiger partial charge in [0.1, 0.15) is 5.76 Å². The average molecular weight is 155 g/mol. The summed E-state index contributed by atoms with van der Waals surface area (Å²) in [5.41, 5.74) is 2.22. The first-order valence-electron chi connectivity index (χ1n) is 3.16. The van der Waals surface area contributed by atoms with Crippen LogP contribution in [0.2, 0.25) is 0 Å². The highest BCUT2D eigenvalue weighted by molar-refractivity contribution is 5.91. The second-order valence-corrected chi connectivity index (χ2v) is 2.31. The Labute approximate surface area is 63.8 Å². The maximum atomic E-state index is 10.8.